The summed E-state index contributed by atoms with van der Waals surface area (Å²) in [5, 5.41) is 9.47. The van der Waals surface area contributed by atoms with Crippen molar-refractivity contribution in [2.45, 2.75) is 5.16 Å². The van der Waals surface area contributed by atoms with Gasteiger partial charge in [0.15, 0.2) is 5.16 Å². The van der Waals surface area contributed by atoms with E-state index in [0.29, 0.717) is 5.16 Å². The number of carboxylic acids is 1. The van der Waals surface area contributed by atoms with Crippen molar-refractivity contribution in [3.05, 3.63) is 41.8 Å². The average molecular weight is 264 g/mol. The van der Waals surface area contributed by atoms with Crippen molar-refractivity contribution >= 4 is 17.7 Å². The number of hydrogen-bond acceptors (Lipinski definition) is 4. The van der Waals surface area contributed by atoms with E-state index < -0.39 is 11.8 Å². The third-order valence-corrected chi connectivity index (χ3v) is 2.87. The molecule has 18 heavy (non-hydrogen) atoms. The summed E-state index contributed by atoms with van der Waals surface area (Å²) in [7, 11) is 0. The lowest BCUT2D eigenvalue weighted by atomic mass is 10.1. The highest BCUT2D eigenvalue weighted by Crippen LogP contribution is 2.25. The van der Waals surface area contributed by atoms with Gasteiger partial charge in [-0.15, -0.1) is 0 Å². The number of halogens is 1. The molecule has 0 aliphatic rings. The number of rotatable bonds is 3. The fourth-order valence-corrected chi connectivity index (χ4v) is 1.82. The van der Waals surface area contributed by atoms with E-state index in [0.717, 1.165) is 0 Å². The molecule has 0 saturated carbocycles. The van der Waals surface area contributed by atoms with Gasteiger partial charge in [-0.3, -0.25) is 0 Å². The molecule has 6 heteroatoms. The fourth-order valence-electron chi connectivity index (χ4n) is 1.48. The van der Waals surface area contributed by atoms with Gasteiger partial charge in [0, 0.05) is 11.8 Å². The zero-order chi connectivity index (χ0) is 13.1. The maximum atomic E-state index is 13.7. The highest BCUT2D eigenvalue weighted by molar-refractivity contribution is 7.98. The molecule has 0 amide bonds. The van der Waals surface area contributed by atoms with E-state index in [2.05, 4.69) is 9.97 Å². The van der Waals surface area contributed by atoms with Gasteiger partial charge in [-0.25, -0.2) is 19.2 Å². The number of carboxylic acid groups (broad SMARTS) is 1. The van der Waals surface area contributed by atoms with Gasteiger partial charge in [-0.1, -0.05) is 23.9 Å². The standard InChI is InChI=1S/C12H9FN2O2S/c1-18-12-14-6-8(11(16)17)10(15-12)7-4-2-3-5-9(7)13/h2-6H,1H3,(H,16,17). The smallest absolute Gasteiger partial charge is 0.339 e. The first-order valence-corrected chi connectivity index (χ1v) is 6.25. The summed E-state index contributed by atoms with van der Waals surface area (Å²) in [5.74, 6) is -1.69. The highest BCUT2D eigenvalue weighted by Gasteiger charge is 2.17. The van der Waals surface area contributed by atoms with E-state index in [4.69, 9.17) is 5.11 Å². The van der Waals surface area contributed by atoms with Crippen molar-refractivity contribution in [1.29, 1.82) is 0 Å². The first kappa shape index (κ1) is 12.5. The minimum absolute atomic E-state index is 0.0972. The number of thioether (sulfide) groups is 1. The monoisotopic (exact) mass is 264 g/mol. The molecule has 92 valence electrons. The molecule has 2 rings (SSSR count). The third kappa shape index (κ3) is 2.33. The van der Waals surface area contributed by atoms with Crippen molar-refractivity contribution in [1.82, 2.24) is 9.97 Å². The fraction of sp³-hybridized carbons (Fsp3) is 0.0833. The molecule has 0 fully saturated rings. The maximum Gasteiger partial charge on any atom is 0.339 e. The molecule has 0 saturated heterocycles. The van der Waals surface area contributed by atoms with E-state index in [9.17, 15) is 9.18 Å². The van der Waals surface area contributed by atoms with Crippen LogP contribution in [0.5, 0.6) is 0 Å². The van der Waals surface area contributed by atoms with Gasteiger partial charge in [-0.2, -0.15) is 0 Å². The van der Waals surface area contributed by atoms with E-state index >= 15 is 0 Å². The number of aromatic nitrogens is 2. The molecule has 0 bridgehead atoms. The summed E-state index contributed by atoms with van der Waals surface area (Å²) >= 11 is 1.27. The highest BCUT2D eigenvalue weighted by atomic mass is 32.2. The molecule has 0 atom stereocenters. The van der Waals surface area contributed by atoms with Crippen molar-refractivity contribution in [3.63, 3.8) is 0 Å². The minimum Gasteiger partial charge on any atom is -0.478 e. The van der Waals surface area contributed by atoms with Crippen molar-refractivity contribution in [2.24, 2.45) is 0 Å². The Kier molecular flexibility index (Phi) is 3.57. The Bertz CT molecular complexity index is 604. The molecule has 1 aromatic carbocycles. The Morgan fingerprint density at radius 3 is 2.72 bits per heavy atom. The molecular weight excluding hydrogens is 255 g/mol. The van der Waals surface area contributed by atoms with Gasteiger partial charge in [0.2, 0.25) is 0 Å². The van der Waals surface area contributed by atoms with Crippen molar-refractivity contribution < 1.29 is 14.3 Å². The summed E-state index contributed by atoms with van der Waals surface area (Å²) in [6, 6.07) is 5.93. The topological polar surface area (TPSA) is 63.1 Å². The van der Waals surface area contributed by atoms with Crippen LogP contribution in [0.1, 0.15) is 10.4 Å². The first-order chi connectivity index (χ1) is 8.63. The van der Waals surface area contributed by atoms with Gasteiger partial charge < -0.3 is 5.11 Å². The van der Waals surface area contributed by atoms with Crippen LogP contribution in [0.15, 0.2) is 35.6 Å². The number of aromatic carboxylic acids is 1. The van der Waals surface area contributed by atoms with E-state index in [1.807, 2.05) is 0 Å². The van der Waals surface area contributed by atoms with E-state index in [1.54, 1.807) is 12.3 Å². The normalized spacial score (nSPS) is 10.3. The van der Waals surface area contributed by atoms with Crippen LogP contribution in [-0.2, 0) is 0 Å². The maximum absolute atomic E-state index is 13.7. The molecule has 1 aromatic heterocycles. The number of carbonyl (C=O) groups is 1. The second-order valence-electron chi connectivity index (χ2n) is 3.40. The molecule has 1 N–H and O–H groups in total. The Morgan fingerprint density at radius 2 is 2.11 bits per heavy atom. The van der Waals surface area contributed by atoms with Gasteiger partial charge in [0.25, 0.3) is 0 Å². The Hall–Kier alpha value is -1.95. The predicted octanol–water partition coefficient (Wildman–Crippen LogP) is 2.70. The van der Waals surface area contributed by atoms with Crippen LogP contribution in [0.2, 0.25) is 0 Å². The van der Waals surface area contributed by atoms with Crippen molar-refractivity contribution in [3.8, 4) is 11.3 Å². The molecule has 0 spiro atoms. The summed E-state index contributed by atoms with van der Waals surface area (Å²) in [6.45, 7) is 0. The van der Waals surface area contributed by atoms with Gasteiger partial charge >= 0.3 is 5.97 Å². The summed E-state index contributed by atoms with van der Waals surface area (Å²) < 4.78 is 13.7. The zero-order valence-corrected chi connectivity index (χ0v) is 10.2. The molecule has 1 heterocycles. The van der Waals surface area contributed by atoms with Crippen LogP contribution in [0.4, 0.5) is 4.39 Å². The Balaban J connectivity index is 2.68. The summed E-state index contributed by atoms with van der Waals surface area (Å²) in [4.78, 5) is 19.1. The van der Waals surface area contributed by atoms with Crippen LogP contribution in [0.25, 0.3) is 11.3 Å². The van der Waals surface area contributed by atoms with E-state index in [1.165, 1.54) is 36.2 Å². The number of hydrogen-bond donors (Lipinski definition) is 1. The van der Waals surface area contributed by atoms with E-state index in [-0.39, 0.29) is 16.8 Å². The number of benzene rings is 1. The van der Waals surface area contributed by atoms with Crippen molar-refractivity contribution in [2.75, 3.05) is 6.26 Å². The Morgan fingerprint density at radius 1 is 1.39 bits per heavy atom. The lowest BCUT2D eigenvalue weighted by Crippen LogP contribution is -2.05. The molecule has 0 unspecified atom stereocenters. The lowest BCUT2D eigenvalue weighted by Gasteiger charge is -2.07. The first-order valence-electron chi connectivity index (χ1n) is 5.02. The summed E-state index contributed by atoms with van der Waals surface area (Å²) in [5.41, 5.74) is 0.144. The zero-order valence-electron chi connectivity index (χ0n) is 9.42. The van der Waals surface area contributed by atoms with Crippen LogP contribution in [0.3, 0.4) is 0 Å². The molecule has 4 nitrogen and oxygen atoms in total. The van der Waals surface area contributed by atoms with Gasteiger partial charge in [0.1, 0.15) is 11.4 Å². The van der Waals surface area contributed by atoms with Crippen LogP contribution >= 0.6 is 11.8 Å². The van der Waals surface area contributed by atoms with Crippen LogP contribution in [0, 0.1) is 5.82 Å². The van der Waals surface area contributed by atoms with Crippen LogP contribution < -0.4 is 0 Å². The number of nitrogens with zero attached hydrogens (tertiary/aromatic N) is 2. The molecule has 2 aromatic rings. The SMILES string of the molecule is CSc1ncc(C(=O)O)c(-c2ccccc2F)n1. The van der Waals surface area contributed by atoms with Gasteiger partial charge in [0.05, 0.1) is 5.69 Å². The second kappa shape index (κ2) is 5.14. The largest absolute Gasteiger partial charge is 0.478 e. The second-order valence-corrected chi connectivity index (χ2v) is 4.18. The predicted molar refractivity (Wildman–Crippen MR) is 66.2 cm³/mol. The van der Waals surface area contributed by atoms with Crippen LogP contribution in [-0.4, -0.2) is 27.3 Å². The molecule has 0 radical (unpaired) electrons. The molecular formula is C12H9FN2O2S. The molecule has 0 aliphatic carbocycles. The average Bonchev–Trinajstić information content (AvgIpc) is 2.38. The lowest BCUT2D eigenvalue weighted by molar-refractivity contribution is 0.0696. The third-order valence-electron chi connectivity index (χ3n) is 2.31. The van der Waals surface area contributed by atoms with Gasteiger partial charge in [-0.05, 0) is 18.4 Å². The minimum atomic E-state index is -1.18. The molecule has 0 aliphatic heterocycles. The quantitative estimate of drug-likeness (QED) is 0.682. The Labute approximate surface area is 107 Å². The summed E-state index contributed by atoms with van der Waals surface area (Å²) in [6.07, 6.45) is 2.96.